The third-order valence-corrected chi connectivity index (χ3v) is 6.67. The van der Waals surface area contributed by atoms with Gasteiger partial charge in [-0.3, -0.25) is 13.9 Å². The molecule has 2 fully saturated rings. The van der Waals surface area contributed by atoms with Crippen molar-refractivity contribution in [2.45, 2.75) is 44.8 Å². The van der Waals surface area contributed by atoms with E-state index in [1.54, 1.807) is 13.4 Å². The highest BCUT2D eigenvalue weighted by Crippen LogP contribution is 2.46. The molecule has 0 bridgehead atoms. The van der Waals surface area contributed by atoms with E-state index >= 15 is 0 Å². The molecule has 2 aliphatic rings. The topological polar surface area (TPSA) is 74.3 Å². The Morgan fingerprint density at radius 2 is 1.96 bits per heavy atom. The maximum Gasteiger partial charge on any atom is 0.332 e. The Hall–Kier alpha value is -1.93. The van der Waals surface area contributed by atoms with Gasteiger partial charge in [0.05, 0.1) is 12.4 Å². The molecule has 0 unspecified atom stereocenters. The second-order valence-electron chi connectivity index (χ2n) is 8.17. The van der Waals surface area contributed by atoms with Gasteiger partial charge in [-0.05, 0) is 32.2 Å². The lowest BCUT2D eigenvalue weighted by Gasteiger charge is -2.43. The van der Waals surface area contributed by atoms with Gasteiger partial charge in [-0.15, -0.1) is 0 Å². The monoisotopic (exact) mass is 375 g/mol. The molecular weight excluding hydrogens is 346 g/mol. The van der Waals surface area contributed by atoms with Crippen LogP contribution in [0.15, 0.2) is 15.9 Å². The van der Waals surface area contributed by atoms with Gasteiger partial charge in [0.25, 0.3) is 5.56 Å². The summed E-state index contributed by atoms with van der Waals surface area (Å²) in [5.74, 6) is 0. The highest BCUT2D eigenvalue weighted by Gasteiger charge is 2.45. The fourth-order valence-electron chi connectivity index (χ4n) is 5.21. The Morgan fingerprint density at radius 1 is 1.19 bits per heavy atom. The van der Waals surface area contributed by atoms with E-state index in [9.17, 15) is 9.59 Å². The number of hydrogen-bond acceptors (Lipinski definition) is 5. The first-order valence-electron chi connectivity index (χ1n) is 9.83. The molecule has 1 saturated heterocycles. The number of methoxy groups -OCH3 is 1. The zero-order chi connectivity index (χ0) is 19.2. The highest BCUT2D eigenvalue weighted by molar-refractivity contribution is 5.69. The summed E-state index contributed by atoms with van der Waals surface area (Å²) in [6.07, 6.45) is 8.16. The van der Waals surface area contributed by atoms with E-state index in [0.717, 1.165) is 24.2 Å². The number of nitrogens with zero attached hydrogens (tertiary/aromatic N) is 5. The molecule has 3 heterocycles. The van der Waals surface area contributed by atoms with Crippen LogP contribution in [0.3, 0.4) is 0 Å². The fraction of sp³-hybridized carbons (Fsp3) is 0.737. The third kappa shape index (κ3) is 2.95. The van der Waals surface area contributed by atoms with Gasteiger partial charge < -0.3 is 14.2 Å². The summed E-state index contributed by atoms with van der Waals surface area (Å²) in [6, 6.07) is 0. The molecule has 148 valence electrons. The van der Waals surface area contributed by atoms with E-state index in [1.807, 2.05) is 11.7 Å². The van der Waals surface area contributed by atoms with Crippen LogP contribution in [0.4, 0.5) is 0 Å². The number of likely N-dealkylation sites (tertiary alicyclic amines) is 1. The molecule has 2 aromatic rings. The maximum absolute atomic E-state index is 12.6. The average molecular weight is 375 g/mol. The largest absolute Gasteiger partial charge is 0.381 e. The standard InChI is InChI=1S/C19H29N5O3/c1-21-16-15(17(25)22(2)18(21)26)24(13-20-16)11-10-23-9-5-8-19(12-23)7-4-6-14(19)27-3/h13-14H,4-12H2,1-3H3/t14-,19+/m1/s1. The van der Waals surface area contributed by atoms with Crippen LogP contribution in [-0.2, 0) is 25.4 Å². The van der Waals surface area contributed by atoms with E-state index in [1.165, 1.54) is 43.7 Å². The number of rotatable bonds is 4. The zero-order valence-electron chi connectivity index (χ0n) is 16.5. The number of piperidine rings is 1. The predicted octanol–water partition coefficient (Wildman–Crippen LogP) is 0.715. The number of aromatic nitrogens is 4. The van der Waals surface area contributed by atoms with Crippen LogP contribution in [0.1, 0.15) is 32.1 Å². The summed E-state index contributed by atoms with van der Waals surface area (Å²) < 4.78 is 10.3. The van der Waals surface area contributed by atoms with Gasteiger partial charge in [0.15, 0.2) is 11.2 Å². The predicted molar refractivity (Wildman–Crippen MR) is 103 cm³/mol. The summed E-state index contributed by atoms with van der Waals surface area (Å²) in [5, 5.41) is 0. The van der Waals surface area contributed by atoms with Crippen LogP contribution in [0, 0.1) is 5.41 Å². The van der Waals surface area contributed by atoms with E-state index in [-0.39, 0.29) is 11.2 Å². The van der Waals surface area contributed by atoms with Crippen molar-refractivity contribution in [3.8, 4) is 0 Å². The Balaban J connectivity index is 1.54. The van der Waals surface area contributed by atoms with E-state index in [0.29, 0.717) is 29.2 Å². The molecule has 0 amide bonds. The summed E-state index contributed by atoms with van der Waals surface area (Å²) in [7, 11) is 5.01. The minimum absolute atomic E-state index is 0.282. The lowest BCUT2D eigenvalue weighted by atomic mass is 9.76. The molecule has 4 rings (SSSR count). The maximum atomic E-state index is 12.6. The number of ether oxygens (including phenoxy) is 1. The first-order valence-corrected chi connectivity index (χ1v) is 9.83. The Labute approximate surface area is 158 Å². The second-order valence-corrected chi connectivity index (χ2v) is 8.17. The van der Waals surface area contributed by atoms with Crippen LogP contribution in [0.2, 0.25) is 0 Å². The van der Waals surface area contributed by atoms with E-state index < -0.39 is 0 Å². The summed E-state index contributed by atoms with van der Waals surface area (Å²) in [5.41, 5.74) is 0.623. The molecule has 0 aromatic carbocycles. The summed E-state index contributed by atoms with van der Waals surface area (Å²) in [6.45, 7) is 3.71. The third-order valence-electron chi connectivity index (χ3n) is 6.67. The molecule has 2 atom stereocenters. The number of hydrogen-bond donors (Lipinski definition) is 0. The molecule has 8 nitrogen and oxygen atoms in total. The second kappa shape index (κ2) is 6.91. The Morgan fingerprint density at radius 3 is 2.74 bits per heavy atom. The first kappa shape index (κ1) is 18.4. The number of aryl methyl sites for hydroxylation is 1. The van der Waals surface area contributed by atoms with E-state index in [2.05, 4.69) is 9.88 Å². The van der Waals surface area contributed by atoms with Gasteiger partial charge in [0.1, 0.15) is 0 Å². The molecule has 8 heteroatoms. The minimum atomic E-state index is -0.345. The van der Waals surface area contributed by atoms with Crippen molar-refractivity contribution in [2.75, 3.05) is 26.7 Å². The van der Waals surface area contributed by atoms with Gasteiger partial charge >= 0.3 is 5.69 Å². The SMILES string of the molecule is CO[C@@H]1CCC[C@@]12CCCN(CCn1cnc3c1c(=O)n(C)c(=O)n3C)C2. The van der Waals surface area contributed by atoms with Gasteiger partial charge in [0.2, 0.25) is 0 Å². The molecular formula is C19H29N5O3. The summed E-state index contributed by atoms with van der Waals surface area (Å²) in [4.78, 5) is 31.5. The normalized spacial score (nSPS) is 26.4. The quantitative estimate of drug-likeness (QED) is 0.787. The lowest BCUT2D eigenvalue weighted by molar-refractivity contribution is -0.0352. The van der Waals surface area contributed by atoms with Crippen molar-refractivity contribution < 1.29 is 4.74 Å². The molecule has 27 heavy (non-hydrogen) atoms. The molecule has 0 radical (unpaired) electrons. The highest BCUT2D eigenvalue weighted by atomic mass is 16.5. The van der Waals surface area contributed by atoms with Gasteiger partial charge in [-0.25, -0.2) is 9.78 Å². The van der Waals surface area contributed by atoms with Crippen molar-refractivity contribution in [1.82, 2.24) is 23.6 Å². The average Bonchev–Trinajstić information content (AvgIpc) is 3.27. The van der Waals surface area contributed by atoms with E-state index in [4.69, 9.17) is 4.74 Å². The minimum Gasteiger partial charge on any atom is -0.381 e. The molecule has 1 spiro atoms. The van der Waals surface area contributed by atoms with Crippen LogP contribution in [0.5, 0.6) is 0 Å². The first-order chi connectivity index (χ1) is 13.0. The van der Waals surface area contributed by atoms with Crippen molar-refractivity contribution in [3.63, 3.8) is 0 Å². The van der Waals surface area contributed by atoms with Crippen molar-refractivity contribution >= 4 is 11.2 Å². The molecule has 0 N–H and O–H groups in total. The number of fused-ring (bicyclic) bond motifs is 1. The summed E-state index contributed by atoms with van der Waals surface area (Å²) >= 11 is 0. The van der Waals surface area contributed by atoms with Crippen LogP contribution >= 0.6 is 0 Å². The zero-order valence-corrected chi connectivity index (χ0v) is 16.5. The van der Waals surface area contributed by atoms with Crippen LogP contribution < -0.4 is 11.2 Å². The van der Waals surface area contributed by atoms with Crippen molar-refractivity contribution in [1.29, 1.82) is 0 Å². The Bertz CT molecular complexity index is 959. The van der Waals surface area contributed by atoms with Crippen LogP contribution in [-0.4, -0.2) is 56.4 Å². The van der Waals surface area contributed by atoms with Gasteiger partial charge in [-0.2, -0.15) is 0 Å². The number of imidazole rings is 1. The van der Waals surface area contributed by atoms with Crippen LogP contribution in [0.25, 0.3) is 11.2 Å². The lowest BCUT2D eigenvalue weighted by Crippen LogP contribution is -2.48. The Kier molecular flexibility index (Phi) is 4.71. The van der Waals surface area contributed by atoms with Gasteiger partial charge in [-0.1, -0.05) is 6.42 Å². The van der Waals surface area contributed by atoms with Gasteiger partial charge in [0, 0.05) is 46.3 Å². The fourth-order valence-corrected chi connectivity index (χ4v) is 5.21. The molecule has 1 saturated carbocycles. The van der Waals surface area contributed by atoms with Crippen molar-refractivity contribution in [3.05, 3.63) is 27.2 Å². The molecule has 2 aromatic heterocycles. The molecule has 1 aliphatic carbocycles. The smallest absolute Gasteiger partial charge is 0.332 e. The molecule has 1 aliphatic heterocycles. The van der Waals surface area contributed by atoms with Crippen molar-refractivity contribution in [2.24, 2.45) is 19.5 Å².